The molecule has 0 amide bonds. The smallest absolute Gasteiger partial charge is 1.00 e. The van der Waals surface area contributed by atoms with Gasteiger partial charge < -0.3 is 17.0 Å². The van der Waals surface area contributed by atoms with E-state index in [0.29, 0.717) is 6.61 Å². The van der Waals surface area contributed by atoms with E-state index in [1.165, 1.54) is 57.8 Å². The molecule has 0 aliphatic rings. The molecule has 5 nitrogen and oxygen atoms in total. The summed E-state index contributed by atoms with van der Waals surface area (Å²) in [6.07, 6.45) is 14.6. The van der Waals surface area contributed by atoms with Gasteiger partial charge in [-0.25, -0.2) is 0 Å². The average Bonchev–Trinajstić information content (AvgIpc) is 2.51. The van der Waals surface area contributed by atoms with E-state index >= 15 is 0 Å². The van der Waals surface area contributed by atoms with E-state index in [1.807, 2.05) is 0 Å². The SMILES string of the molecule is CCCCCCCCCCCCCCOC(=O)[C@@H](N)CC(=O)O.[H-].[K+]. The van der Waals surface area contributed by atoms with Gasteiger partial charge in [0.25, 0.3) is 0 Å². The van der Waals surface area contributed by atoms with Crippen LogP contribution in [0, 0.1) is 0 Å². The van der Waals surface area contributed by atoms with Gasteiger partial charge in [0, 0.05) is 0 Å². The van der Waals surface area contributed by atoms with Gasteiger partial charge in [0.15, 0.2) is 0 Å². The quantitative estimate of drug-likeness (QED) is 0.242. The summed E-state index contributed by atoms with van der Waals surface area (Å²) in [7, 11) is 0. The zero-order valence-corrected chi connectivity index (χ0v) is 18.8. The van der Waals surface area contributed by atoms with Gasteiger partial charge in [-0.15, -0.1) is 0 Å². The number of esters is 1. The molecule has 3 N–H and O–H groups in total. The van der Waals surface area contributed by atoms with Crippen molar-refractivity contribution in [3.63, 3.8) is 0 Å². The molecule has 0 bridgehead atoms. The maximum absolute atomic E-state index is 11.4. The number of hydrogen-bond donors (Lipinski definition) is 2. The molecule has 0 unspecified atom stereocenters. The van der Waals surface area contributed by atoms with Crippen LogP contribution in [0.15, 0.2) is 0 Å². The number of carbonyl (C=O) groups excluding carboxylic acids is 1. The zero-order valence-electron chi connectivity index (χ0n) is 16.7. The number of carboxylic acids is 1. The molecular formula is C18H36KNO4. The fraction of sp³-hybridized carbons (Fsp3) is 0.889. The second-order valence-corrected chi connectivity index (χ2v) is 6.26. The van der Waals surface area contributed by atoms with Crippen molar-refractivity contribution in [1.82, 2.24) is 0 Å². The minimum absolute atomic E-state index is 0. The Kier molecular flexibility index (Phi) is 22.1. The zero-order chi connectivity index (χ0) is 17.3. The van der Waals surface area contributed by atoms with Crippen LogP contribution in [0.5, 0.6) is 0 Å². The summed E-state index contributed by atoms with van der Waals surface area (Å²) < 4.78 is 4.97. The van der Waals surface area contributed by atoms with Crippen LogP contribution in [-0.4, -0.2) is 29.7 Å². The second kappa shape index (κ2) is 19.9. The summed E-state index contributed by atoms with van der Waals surface area (Å²) in [4.78, 5) is 21.8. The summed E-state index contributed by atoms with van der Waals surface area (Å²) in [5, 5.41) is 8.53. The Labute approximate surface area is 191 Å². The van der Waals surface area contributed by atoms with Crippen LogP contribution in [-0.2, 0) is 14.3 Å². The number of hydrogen-bond acceptors (Lipinski definition) is 4. The Morgan fingerprint density at radius 1 is 0.917 bits per heavy atom. The third kappa shape index (κ3) is 18.9. The third-order valence-electron chi connectivity index (χ3n) is 3.94. The minimum atomic E-state index is -1.08. The van der Waals surface area contributed by atoms with Crippen molar-refractivity contribution in [2.75, 3.05) is 6.61 Å². The first-order valence-corrected chi connectivity index (χ1v) is 9.22. The first-order valence-electron chi connectivity index (χ1n) is 9.22. The molecular weight excluding hydrogens is 333 g/mol. The Morgan fingerprint density at radius 3 is 1.75 bits per heavy atom. The first-order chi connectivity index (χ1) is 11.1. The van der Waals surface area contributed by atoms with Gasteiger partial charge in [0.05, 0.1) is 13.0 Å². The predicted octanol–water partition coefficient (Wildman–Crippen LogP) is 1.15. The van der Waals surface area contributed by atoms with Crippen molar-refractivity contribution in [3.05, 3.63) is 0 Å². The van der Waals surface area contributed by atoms with Crippen molar-refractivity contribution < 1.29 is 72.2 Å². The van der Waals surface area contributed by atoms with Crippen LogP contribution in [0.3, 0.4) is 0 Å². The first kappa shape index (κ1) is 26.8. The molecule has 0 saturated heterocycles. The monoisotopic (exact) mass is 369 g/mol. The fourth-order valence-corrected chi connectivity index (χ4v) is 2.49. The molecule has 6 heteroatoms. The van der Waals surface area contributed by atoms with E-state index in [4.69, 9.17) is 15.6 Å². The Bertz CT molecular complexity index is 319. The molecule has 0 aliphatic heterocycles. The summed E-state index contributed by atoms with van der Waals surface area (Å²) in [5.41, 5.74) is 5.41. The molecule has 24 heavy (non-hydrogen) atoms. The Balaban J connectivity index is -0.00000242. The summed E-state index contributed by atoms with van der Waals surface area (Å²) in [6.45, 7) is 2.58. The normalized spacial score (nSPS) is 11.6. The molecule has 0 heterocycles. The Morgan fingerprint density at radius 2 is 1.33 bits per heavy atom. The fourth-order valence-electron chi connectivity index (χ4n) is 2.49. The van der Waals surface area contributed by atoms with Gasteiger partial charge in [-0.2, -0.15) is 0 Å². The van der Waals surface area contributed by atoms with E-state index in [2.05, 4.69) is 6.92 Å². The molecule has 0 spiro atoms. The summed E-state index contributed by atoms with van der Waals surface area (Å²) in [6, 6.07) is -1.05. The van der Waals surface area contributed by atoms with Gasteiger partial charge in [-0.3, -0.25) is 9.59 Å². The largest absolute Gasteiger partial charge is 1.00 e. The molecule has 0 aromatic rings. The molecule has 0 saturated carbocycles. The molecule has 0 fully saturated rings. The maximum Gasteiger partial charge on any atom is 1.00 e. The van der Waals surface area contributed by atoms with Crippen LogP contribution in [0.2, 0.25) is 0 Å². The van der Waals surface area contributed by atoms with E-state index in [9.17, 15) is 9.59 Å². The van der Waals surface area contributed by atoms with E-state index in [-0.39, 0.29) is 59.2 Å². The van der Waals surface area contributed by atoms with Gasteiger partial charge >= 0.3 is 63.3 Å². The van der Waals surface area contributed by atoms with Crippen molar-refractivity contribution >= 4 is 11.9 Å². The van der Waals surface area contributed by atoms with Crippen LogP contribution in [0.4, 0.5) is 0 Å². The van der Waals surface area contributed by atoms with Gasteiger partial charge in [0.1, 0.15) is 6.04 Å². The molecule has 0 aromatic heterocycles. The van der Waals surface area contributed by atoms with Crippen molar-refractivity contribution in [2.24, 2.45) is 5.73 Å². The van der Waals surface area contributed by atoms with Crippen molar-refractivity contribution in [2.45, 2.75) is 96.4 Å². The summed E-state index contributed by atoms with van der Waals surface area (Å²) >= 11 is 0. The van der Waals surface area contributed by atoms with Crippen LogP contribution in [0.25, 0.3) is 0 Å². The third-order valence-corrected chi connectivity index (χ3v) is 3.94. The standard InChI is InChI=1S/C18H35NO4.K.H/c1-2-3-4-5-6-7-8-9-10-11-12-13-14-23-18(22)16(19)15-17(20)21;;/h16H,2-15,19H2,1H3,(H,20,21);;/q;+1;-1/t16-;;/m0../s1. The average molecular weight is 370 g/mol. The Hall–Kier alpha value is 0.536. The van der Waals surface area contributed by atoms with Crippen molar-refractivity contribution in [1.29, 1.82) is 0 Å². The van der Waals surface area contributed by atoms with Crippen LogP contribution >= 0.6 is 0 Å². The second-order valence-electron chi connectivity index (χ2n) is 6.26. The van der Waals surface area contributed by atoms with Crippen molar-refractivity contribution in [3.8, 4) is 0 Å². The number of carbonyl (C=O) groups is 2. The number of aliphatic carboxylic acids is 1. The number of carboxylic acid groups (broad SMARTS) is 1. The van der Waals surface area contributed by atoms with Gasteiger partial charge in [-0.1, -0.05) is 77.6 Å². The predicted molar refractivity (Wildman–Crippen MR) is 93.4 cm³/mol. The van der Waals surface area contributed by atoms with Crippen LogP contribution in [0.1, 0.15) is 91.8 Å². The van der Waals surface area contributed by atoms with Gasteiger partial charge in [-0.05, 0) is 6.42 Å². The molecule has 0 radical (unpaired) electrons. The minimum Gasteiger partial charge on any atom is -1.00 e. The molecule has 1 atom stereocenters. The molecule has 0 aliphatic carbocycles. The molecule has 138 valence electrons. The number of rotatable bonds is 16. The van der Waals surface area contributed by atoms with Crippen LogP contribution < -0.4 is 57.1 Å². The number of nitrogens with two attached hydrogens (primary N) is 1. The maximum atomic E-state index is 11.4. The van der Waals surface area contributed by atoms with E-state index in [0.717, 1.165) is 19.3 Å². The summed E-state index contributed by atoms with van der Waals surface area (Å²) in [5.74, 6) is -1.70. The molecule has 0 rings (SSSR count). The topological polar surface area (TPSA) is 89.6 Å². The molecule has 0 aromatic carbocycles. The van der Waals surface area contributed by atoms with Gasteiger partial charge in [0.2, 0.25) is 0 Å². The van der Waals surface area contributed by atoms with E-state index < -0.39 is 18.0 Å². The number of unbranched alkanes of at least 4 members (excludes halogenated alkanes) is 11. The number of ether oxygens (including phenoxy) is 1. The van der Waals surface area contributed by atoms with E-state index in [1.54, 1.807) is 0 Å².